The van der Waals surface area contributed by atoms with Gasteiger partial charge in [0.25, 0.3) is 11.8 Å². The van der Waals surface area contributed by atoms with Gasteiger partial charge < -0.3 is 14.9 Å². The van der Waals surface area contributed by atoms with Crippen LogP contribution in [-0.2, 0) is 11.8 Å². The predicted octanol–water partition coefficient (Wildman–Crippen LogP) is 2.76. The number of fused-ring (bicyclic) bond motifs is 1. The van der Waals surface area contributed by atoms with E-state index in [0.29, 0.717) is 37.4 Å². The van der Waals surface area contributed by atoms with Crippen LogP contribution in [0.5, 0.6) is 11.5 Å². The van der Waals surface area contributed by atoms with Crippen LogP contribution in [0.4, 0.5) is 4.39 Å². The lowest BCUT2D eigenvalue weighted by Crippen LogP contribution is -2.78. The van der Waals surface area contributed by atoms with E-state index in [0.717, 1.165) is 30.3 Å². The van der Waals surface area contributed by atoms with Crippen molar-refractivity contribution < 1.29 is 28.9 Å². The molecule has 2 aromatic rings. The molecule has 3 heterocycles. The Kier molecular flexibility index (Phi) is 3.91. The van der Waals surface area contributed by atoms with Crippen molar-refractivity contribution in [1.29, 1.82) is 0 Å². The second-order valence-corrected chi connectivity index (χ2v) is 11.6. The highest BCUT2D eigenvalue weighted by Crippen LogP contribution is 2.66. The molecule has 8 rings (SSSR count). The topological polar surface area (TPSA) is 90.3 Å². The number of rotatable bonds is 3. The van der Waals surface area contributed by atoms with Crippen molar-refractivity contribution >= 4 is 11.8 Å². The van der Waals surface area contributed by atoms with Gasteiger partial charge in [-0.3, -0.25) is 19.4 Å². The maximum absolute atomic E-state index is 13.9. The number of aliphatic hydroxyl groups is 1. The molecule has 0 unspecified atom stereocenters. The molecule has 5 atom stereocenters. The molecule has 6 aliphatic rings. The Morgan fingerprint density at radius 3 is 2.67 bits per heavy atom. The number of likely N-dealkylation sites (tertiary alicyclic amines) is 1. The molecule has 2 aromatic carbocycles. The van der Waals surface area contributed by atoms with Crippen molar-refractivity contribution in [3.63, 3.8) is 0 Å². The molecule has 1 spiro atoms. The average Bonchev–Trinajstić information content (AvgIpc) is 3.55. The fourth-order valence-corrected chi connectivity index (χ4v) is 8.25. The predicted molar refractivity (Wildman–Crippen MR) is 125 cm³/mol. The van der Waals surface area contributed by atoms with Crippen LogP contribution in [0.15, 0.2) is 30.3 Å². The van der Waals surface area contributed by atoms with E-state index in [9.17, 15) is 24.2 Å². The number of hydrogen-bond donors (Lipinski definition) is 2. The number of hydrogen-bond acceptors (Lipinski definition) is 6. The minimum atomic E-state index is -1.10. The van der Waals surface area contributed by atoms with Gasteiger partial charge in [-0.15, -0.1) is 0 Å². The molecule has 0 radical (unpaired) electrons. The SMILES string of the molecule is O=C1c2ccc(F)cc2C(=O)N1[C@@H]1CC[C@@]2(O)[C@@H]3Cc4ccc(O)c5c4[C@@]2(CCN3CC2CC2)[C@H]1O5. The van der Waals surface area contributed by atoms with Crippen LogP contribution in [0.3, 0.4) is 0 Å². The number of piperidine rings is 1. The van der Waals surface area contributed by atoms with Gasteiger partial charge >= 0.3 is 0 Å². The Hall–Kier alpha value is -2.97. The second-order valence-electron chi connectivity index (χ2n) is 11.6. The molecule has 3 aliphatic carbocycles. The molecule has 2 saturated carbocycles. The van der Waals surface area contributed by atoms with E-state index in [2.05, 4.69) is 4.90 Å². The number of carbonyl (C=O) groups excluding carboxylic acids is 2. The number of ether oxygens (including phenoxy) is 1. The number of phenolic OH excluding ortho intramolecular Hbond substituents is 1. The number of halogens is 1. The molecule has 2 bridgehead atoms. The fourth-order valence-electron chi connectivity index (χ4n) is 8.25. The van der Waals surface area contributed by atoms with Crippen LogP contribution in [0.1, 0.15) is 63.9 Å². The maximum atomic E-state index is 13.9. The normalized spacial score (nSPS) is 36.1. The largest absolute Gasteiger partial charge is 0.504 e. The number of benzene rings is 2. The summed E-state index contributed by atoms with van der Waals surface area (Å²) in [7, 11) is 0. The lowest BCUT2D eigenvalue weighted by molar-refractivity contribution is -0.196. The van der Waals surface area contributed by atoms with Crippen LogP contribution >= 0.6 is 0 Å². The Morgan fingerprint density at radius 2 is 1.86 bits per heavy atom. The molecule has 3 fully saturated rings. The summed E-state index contributed by atoms with van der Waals surface area (Å²) in [4.78, 5) is 30.6. The smallest absolute Gasteiger partial charge is 0.262 e. The standard InChI is InChI=1S/C28H27FN2O5/c29-16-4-5-17-18(12-16)26(34)31(25(17)33)19-7-8-28(35)21-11-15-3-6-20(32)23-22(15)27(28,24(19)36-23)9-10-30(21)13-14-1-2-14/h3-6,12,14,19,21,24,32,35H,1-2,7-11,13H2/t19-,21+,24+,27+,28-/m1/s1. The first-order chi connectivity index (χ1) is 17.3. The summed E-state index contributed by atoms with van der Waals surface area (Å²) in [6.07, 6.45) is 3.88. The van der Waals surface area contributed by atoms with E-state index in [-0.39, 0.29) is 22.9 Å². The highest BCUT2D eigenvalue weighted by Gasteiger charge is 2.74. The summed E-state index contributed by atoms with van der Waals surface area (Å²) >= 11 is 0. The first kappa shape index (κ1) is 21.1. The summed E-state index contributed by atoms with van der Waals surface area (Å²) in [5, 5.41) is 23.4. The quantitative estimate of drug-likeness (QED) is 0.644. The van der Waals surface area contributed by atoms with Crippen LogP contribution in [0, 0.1) is 11.7 Å². The molecule has 2 amide bonds. The van der Waals surface area contributed by atoms with E-state index in [1.807, 2.05) is 6.07 Å². The number of phenols is 1. The van der Waals surface area contributed by atoms with Gasteiger partial charge in [0.2, 0.25) is 0 Å². The lowest BCUT2D eigenvalue weighted by Gasteiger charge is -2.64. The number of aromatic hydroxyl groups is 1. The summed E-state index contributed by atoms with van der Waals surface area (Å²) in [5.41, 5.74) is 0.244. The third kappa shape index (κ3) is 2.35. The van der Waals surface area contributed by atoms with Crippen molar-refractivity contribution in [2.75, 3.05) is 13.1 Å². The third-order valence-electron chi connectivity index (χ3n) is 9.94. The highest BCUT2D eigenvalue weighted by atomic mass is 19.1. The van der Waals surface area contributed by atoms with Gasteiger partial charge in [0.05, 0.1) is 28.2 Å². The van der Waals surface area contributed by atoms with Crippen LogP contribution < -0.4 is 4.74 Å². The van der Waals surface area contributed by atoms with Gasteiger partial charge in [0, 0.05) is 18.2 Å². The Balaban J connectivity index is 1.27. The zero-order valence-electron chi connectivity index (χ0n) is 19.7. The summed E-state index contributed by atoms with van der Waals surface area (Å²) in [5.74, 6) is -0.467. The summed E-state index contributed by atoms with van der Waals surface area (Å²) in [6.45, 7) is 1.76. The van der Waals surface area contributed by atoms with Gasteiger partial charge in [0.1, 0.15) is 11.9 Å². The van der Waals surface area contributed by atoms with E-state index >= 15 is 0 Å². The van der Waals surface area contributed by atoms with Gasteiger partial charge in [-0.1, -0.05) is 6.07 Å². The number of imide groups is 1. The molecule has 3 aliphatic heterocycles. The highest BCUT2D eigenvalue weighted by molar-refractivity contribution is 6.21. The zero-order chi connectivity index (χ0) is 24.6. The zero-order valence-corrected chi connectivity index (χ0v) is 19.7. The minimum absolute atomic E-state index is 0.0157. The number of carbonyl (C=O) groups is 2. The van der Waals surface area contributed by atoms with E-state index in [1.54, 1.807) is 6.07 Å². The molecule has 7 nitrogen and oxygen atoms in total. The van der Waals surface area contributed by atoms with Crippen LogP contribution in [0.25, 0.3) is 0 Å². The van der Waals surface area contributed by atoms with Gasteiger partial charge in [-0.05, 0) is 80.8 Å². The van der Waals surface area contributed by atoms with Crippen molar-refractivity contribution in [2.24, 2.45) is 5.92 Å². The molecule has 2 N–H and O–H groups in total. The van der Waals surface area contributed by atoms with Crippen LogP contribution in [-0.4, -0.2) is 68.7 Å². The van der Waals surface area contributed by atoms with Crippen molar-refractivity contribution in [2.45, 2.75) is 67.7 Å². The second kappa shape index (κ2) is 6.66. The summed E-state index contributed by atoms with van der Waals surface area (Å²) < 4.78 is 20.4. The van der Waals surface area contributed by atoms with E-state index in [1.165, 1.54) is 29.9 Å². The molecule has 36 heavy (non-hydrogen) atoms. The lowest BCUT2D eigenvalue weighted by atomic mass is 9.48. The van der Waals surface area contributed by atoms with E-state index in [4.69, 9.17) is 4.74 Å². The average molecular weight is 491 g/mol. The Labute approximate surface area is 207 Å². The first-order valence-corrected chi connectivity index (χ1v) is 13.0. The maximum Gasteiger partial charge on any atom is 0.262 e. The van der Waals surface area contributed by atoms with Gasteiger partial charge in [-0.25, -0.2) is 4.39 Å². The Bertz CT molecular complexity index is 1370. The molecule has 1 saturated heterocycles. The minimum Gasteiger partial charge on any atom is -0.504 e. The number of amides is 2. The van der Waals surface area contributed by atoms with Crippen molar-refractivity contribution in [3.8, 4) is 11.5 Å². The summed E-state index contributed by atoms with van der Waals surface area (Å²) in [6, 6.07) is 6.54. The van der Waals surface area contributed by atoms with Crippen LogP contribution in [0.2, 0.25) is 0 Å². The third-order valence-corrected chi connectivity index (χ3v) is 9.94. The molecule has 0 aromatic heterocycles. The monoisotopic (exact) mass is 490 g/mol. The van der Waals surface area contributed by atoms with Gasteiger partial charge in [0.15, 0.2) is 11.5 Å². The van der Waals surface area contributed by atoms with E-state index < -0.39 is 40.8 Å². The molecule has 186 valence electrons. The Morgan fingerprint density at radius 1 is 1.06 bits per heavy atom. The molecule has 8 heteroatoms. The fraction of sp³-hybridized carbons (Fsp3) is 0.500. The van der Waals surface area contributed by atoms with Crippen molar-refractivity contribution in [1.82, 2.24) is 9.80 Å². The number of nitrogens with zero attached hydrogens (tertiary/aromatic N) is 2. The first-order valence-electron chi connectivity index (χ1n) is 13.0. The molecular weight excluding hydrogens is 463 g/mol. The van der Waals surface area contributed by atoms with Crippen molar-refractivity contribution in [3.05, 3.63) is 58.4 Å². The van der Waals surface area contributed by atoms with Gasteiger partial charge in [-0.2, -0.15) is 0 Å². The molecular formula is C28H27FN2O5.